The van der Waals surface area contributed by atoms with Gasteiger partial charge < -0.3 is 9.84 Å². The number of aliphatic carboxylic acids is 1. The van der Waals surface area contributed by atoms with Gasteiger partial charge in [-0.2, -0.15) is 0 Å². The molecule has 1 rings (SSSR count). The molecule has 0 aromatic rings. The van der Waals surface area contributed by atoms with Crippen molar-refractivity contribution in [2.45, 2.75) is 25.3 Å². The minimum atomic E-state index is -0.732. The Bertz CT molecular complexity index is 168. The van der Waals surface area contributed by atoms with Gasteiger partial charge in [0, 0.05) is 26.3 Å². The van der Waals surface area contributed by atoms with Crippen LogP contribution in [-0.2, 0) is 9.53 Å². The summed E-state index contributed by atoms with van der Waals surface area (Å²) in [4.78, 5) is 12.5. The molecule has 1 N–H and O–H groups in total. The van der Waals surface area contributed by atoms with Crippen molar-refractivity contribution in [2.24, 2.45) is 0 Å². The Balaban J connectivity index is 2.17. The second kappa shape index (κ2) is 5.19. The van der Waals surface area contributed by atoms with Gasteiger partial charge in [-0.05, 0) is 19.3 Å². The van der Waals surface area contributed by atoms with Gasteiger partial charge >= 0.3 is 5.97 Å². The molecule has 0 bridgehead atoms. The number of carboxylic acid groups (broad SMARTS) is 1. The van der Waals surface area contributed by atoms with E-state index in [-0.39, 0.29) is 6.54 Å². The lowest BCUT2D eigenvalue weighted by atomic mass is 10.3. The van der Waals surface area contributed by atoms with Gasteiger partial charge in [-0.25, -0.2) is 0 Å². The molecule has 0 atom stereocenters. The first kappa shape index (κ1) is 10.5. The van der Waals surface area contributed by atoms with Crippen LogP contribution in [0.1, 0.15) is 19.3 Å². The number of methoxy groups -OCH3 is 1. The lowest BCUT2D eigenvalue weighted by Crippen LogP contribution is -2.33. The van der Waals surface area contributed by atoms with Crippen molar-refractivity contribution in [1.82, 2.24) is 4.90 Å². The molecule has 0 spiro atoms. The molecule has 76 valence electrons. The standard InChI is InChI=1S/C9H17NO3/c1-13-6-2-5-10(7-9(11)12)8-3-4-8/h8H,2-7H2,1H3,(H,11,12). The second-order valence-electron chi connectivity index (χ2n) is 3.44. The van der Waals surface area contributed by atoms with E-state index in [9.17, 15) is 4.79 Å². The normalized spacial score (nSPS) is 16.5. The van der Waals surface area contributed by atoms with Crippen molar-refractivity contribution < 1.29 is 14.6 Å². The van der Waals surface area contributed by atoms with Crippen LogP contribution in [0.2, 0.25) is 0 Å². The number of carbonyl (C=O) groups is 1. The fourth-order valence-corrected chi connectivity index (χ4v) is 1.42. The minimum absolute atomic E-state index is 0.175. The van der Waals surface area contributed by atoms with Crippen molar-refractivity contribution >= 4 is 5.97 Å². The summed E-state index contributed by atoms with van der Waals surface area (Å²) in [5, 5.41) is 8.64. The molecule has 1 saturated carbocycles. The lowest BCUT2D eigenvalue weighted by molar-refractivity contribution is -0.138. The third-order valence-electron chi connectivity index (χ3n) is 2.20. The fourth-order valence-electron chi connectivity index (χ4n) is 1.42. The Labute approximate surface area is 78.5 Å². The number of carboxylic acids is 1. The monoisotopic (exact) mass is 187 g/mol. The number of ether oxygens (including phenoxy) is 1. The Hall–Kier alpha value is -0.610. The first-order valence-corrected chi connectivity index (χ1v) is 4.69. The summed E-state index contributed by atoms with van der Waals surface area (Å²) in [5.41, 5.74) is 0. The van der Waals surface area contributed by atoms with Crippen molar-refractivity contribution in [3.63, 3.8) is 0 Å². The van der Waals surface area contributed by atoms with E-state index < -0.39 is 5.97 Å². The first-order chi connectivity index (χ1) is 6.24. The predicted molar refractivity (Wildman–Crippen MR) is 48.7 cm³/mol. The molecular weight excluding hydrogens is 170 g/mol. The summed E-state index contributed by atoms with van der Waals surface area (Å²) < 4.78 is 4.92. The van der Waals surface area contributed by atoms with Crippen LogP contribution in [0.15, 0.2) is 0 Å². The average Bonchev–Trinajstić information content (AvgIpc) is 2.84. The highest BCUT2D eigenvalue weighted by atomic mass is 16.5. The Morgan fingerprint density at radius 1 is 1.62 bits per heavy atom. The molecule has 4 nitrogen and oxygen atoms in total. The zero-order valence-electron chi connectivity index (χ0n) is 8.03. The molecule has 0 radical (unpaired) electrons. The quantitative estimate of drug-likeness (QED) is 0.592. The van der Waals surface area contributed by atoms with Gasteiger partial charge in [-0.1, -0.05) is 0 Å². The molecule has 1 aliphatic carbocycles. The molecule has 1 fully saturated rings. The van der Waals surface area contributed by atoms with Crippen LogP contribution < -0.4 is 0 Å². The van der Waals surface area contributed by atoms with Gasteiger partial charge in [0.05, 0.1) is 6.54 Å². The smallest absolute Gasteiger partial charge is 0.317 e. The highest BCUT2D eigenvalue weighted by Gasteiger charge is 2.29. The average molecular weight is 187 g/mol. The van der Waals surface area contributed by atoms with Crippen LogP contribution in [0.5, 0.6) is 0 Å². The van der Waals surface area contributed by atoms with E-state index in [0.29, 0.717) is 12.6 Å². The van der Waals surface area contributed by atoms with Crippen LogP contribution in [0.25, 0.3) is 0 Å². The van der Waals surface area contributed by atoms with Crippen LogP contribution in [0.3, 0.4) is 0 Å². The van der Waals surface area contributed by atoms with E-state index in [0.717, 1.165) is 25.8 Å². The number of nitrogens with zero attached hydrogens (tertiary/aromatic N) is 1. The van der Waals surface area contributed by atoms with Crippen LogP contribution in [0, 0.1) is 0 Å². The SMILES string of the molecule is COCCCN(CC(=O)O)C1CC1. The molecule has 4 heteroatoms. The molecule has 13 heavy (non-hydrogen) atoms. The summed E-state index contributed by atoms with van der Waals surface area (Å²) in [6.07, 6.45) is 3.22. The van der Waals surface area contributed by atoms with E-state index in [1.807, 2.05) is 4.90 Å². The Morgan fingerprint density at radius 2 is 2.31 bits per heavy atom. The van der Waals surface area contributed by atoms with Crippen molar-refractivity contribution in [3.8, 4) is 0 Å². The van der Waals surface area contributed by atoms with E-state index >= 15 is 0 Å². The van der Waals surface area contributed by atoms with Gasteiger partial charge in [-0.15, -0.1) is 0 Å². The summed E-state index contributed by atoms with van der Waals surface area (Å²) in [6, 6.07) is 0.521. The first-order valence-electron chi connectivity index (χ1n) is 4.69. The molecule has 0 heterocycles. The Morgan fingerprint density at radius 3 is 2.77 bits per heavy atom. The molecule has 0 saturated heterocycles. The fraction of sp³-hybridized carbons (Fsp3) is 0.889. The summed E-state index contributed by atoms with van der Waals surface area (Å²) in [7, 11) is 1.67. The molecule has 0 amide bonds. The van der Waals surface area contributed by atoms with Gasteiger partial charge in [0.15, 0.2) is 0 Å². The van der Waals surface area contributed by atoms with Crippen molar-refractivity contribution in [1.29, 1.82) is 0 Å². The molecule has 0 aromatic carbocycles. The molecule has 1 aliphatic rings. The van der Waals surface area contributed by atoms with Crippen LogP contribution in [0.4, 0.5) is 0 Å². The van der Waals surface area contributed by atoms with E-state index in [1.54, 1.807) is 7.11 Å². The van der Waals surface area contributed by atoms with Crippen LogP contribution in [-0.4, -0.2) is 48.8 Å². The predicted octanol–water partition coefficient (Wildman–Crippen LogP) is 0.572. The number of rotatable bonds is 7. The Kier molecular flexibility index (Phi) is 4.18. The highest BCUT2D eigenvalue weighted by molar-refractivity contribution is 5.69. The molecule has 0 aromatic heterocycles. The lowest BCUT2D eigenvalue weighted by Gasteiger charge is -2.18. The van der Waals surface area contributed by atoms with Gasteiger partial charge in [0.2, 0.25) is 0 Å². The molecule has 0 unspecified atom stereocenters. The minimum Gasteiger partial charge on any atom is -0.480 e. The summed E-state index contributed by atoms with van der Waals surface area (Å²) in [5.74, 6) is -0.732. The third-order valence-corrected chi connectivity index (χ3v) is 2.20. The molecule has 0 aliphatic heterocycles. The third kappa shape index (κ3) is 4.24. The van der Waals surface area contributed by atoms with Gasteiger partial charge in [-0.3, -0.25) is 9.69 Å². The molecular formula is C9H17NO3. The maximum absolute atomic E-state index is 10.5. The van der Waals surface area contributed by atoms with Crippen LogP contribution >= 0.6 is 0 Å². The van der Waals surface area contributed by atoms with E-state index in [1.165, 1.54) is 0 Å². The highest BCUT2D eigenvalue weighted by Crippen LogP contribution is 2.26. The number of hydrogen-bond donors (Lipinski definition) is 1. The largest absolute Gasteiger partial charge is 0.480 e. The topological polar surface area (TPSA) is 49.8 Å². The van der Waals surface area contributed by atoms with E-state index in [2.05, 4.69) is 0 Å². The maximum atomic E-state index is 10.5. The zero-order valence-corrected chi connectivity index (χ0v) is 8.03. The van der Waals surface area contributed by atoms with E-state index in [4.69, 9.17) is 9.84 Å². The number of hydrogen-bond acceptors (Lipinski definition) is 3. The van der Waals surface area contributed by atoms with Crippen molar-refractivity contribution in [2.75, 3.05) is 26.8 Å². The maximum Gasteiger partial charge on any atom is 0.317 e. The van der Waals surface area contributed by atoms with Gasteiger partial charge in [0.25, 0.3) is 0 Å². The summed E-state index contributed by atoms with van der Waals surface area (Å²) >= 11 is 0. The van der Waals surface area contributed by atoms with Crippen molar-refractivity contribution in [3.05, 3.63) is 0 Å². The second-order valence-corrected chi connectivity index (χ2v) is 3.44. The summed E-state index contributed by atoms with van der Waals surface area (Å²) in [6.45, 7) is 1.72. The zero-order chi connectivity index (χ0) is 9.68. The van der Waals surface area contributed by atoms with Gasteiger partial charge in [0.1, 0.15) is 0 Å².